The van der Waals surface area contributed by atoms with Crippen molar-refractivity contribution in [3.05, 3.63) is 90.3 Å². The van der Waals surface area contributed by atoms with Crippen LogP contribution in [0, 0.1) is 11.3 Å². The number of rotatable bonds is 6. The molecule has 1 aliphatic heterocycles. The monoisotopic (exact) mass is 641 g/mol. The summed E-state index contributed by atoms with van der Waals surface area (Å²) in [5.74, 6) is -0.359. The maximum absolute atomic E-state index is 13.6. The number of benzene rings is 4. The summed E-state index contributed by atoms with van der Waals surface area (Å²) in [5.41, 5.74) is 4.31. The van der Waals surface area contributed by atoms with Crippen molar-refractivity contribution in [2.75, 3.05) is 5.43 Å². The number of carbonyl (C=O) groups is 1. The Labute approximate surface area is 255 Å². The standard InChI is InChI=1S/C29H19N7O7S2/c1-16-20(15-30)28-31-23-6-2-4-8-25(23)36(28)29(37)27(16)35-33-22-13-12-21(18-11-10-17(14-19(18)22)44(38,39)40)32-34-24-7-3-5-9-26(24)45(41,42)43/h2-14,33H,1H3,(H,38,39,40)(H,41,42,43)/b34-32?,35-27+. The molecule has 0 aliphatic carbocycles. The van der Waals surface area contributed by atoms with Crippen LogP contribution >= 0.6 is 0 Å². The van der Waals surface area contributed by atoms with Crippen LogP contribution in [-0.2, 0) is 20.2 Å². The summed E-state index contributed by atoms with van der Waals surface area (Å²) in [6.07, 6.45) is 0. The molecule has 45 heavy (non-hydrogen) atoms. The third-order valence-corrected chi connectivity index (χ3v) is 8.74. The predicted molar refractivity (Wildman–Crippen MR) is 164 cm³/mol. The molecule has 1 aromatic heterocycles. The van der Waals surface area contributed by atoms with Crippen LogP contribution in [0.3, 0.4) is 0 Å². The van der Waals surface area contributed by atoms with Gasteiger partial charge in [0.1, 0.15) is 22.2 Å². The van der Waals surface area contributed by atoms with Crippen LogP contribution in [0.15, 0.2) is 110 Å². The Kier molecular flexibility index (Phi) is 7.10. The molecule has 0 spiro atoms. The summed E-state index contributed by atoms with van der Waals surface area (Å²) in [4.78, 5) is 17.1. The minimum Gasteiger partial charge on any atom is -0.282 e. The van der Waals surface area contributed by atoms with Gasteiger partial charge in [0.25, 0.3) is 26.1 Å². The van der Waals surface area contributed by atoms with E-state index >= 15 is 0 Å². The Bertz CT molecular complexity index is 2460. The van der Waals surface area contributed by atoms with Crippen molar-refractivity contribution in [3.63, 3.8) is 0 Å². The number of nitrogens with zero attached hydrogens (tertiary/aromatic N) is 6. The van der Waals surface area contributed by atoms with Crippen LogP contribution in [0.1, 0.15) is 17.5 Å². The summed E-state index contributed by atoms with van der Waals surface area (Å²) < 4.78 is 68.0. The highest BCUT2D eigenvalue weighted by molar-refractivity contribution is 7.86. The molecule has 224 valence electrons. The zero-order valence-corrected chi connectivity index (χ0v) is 24.6. The molecule has 0 fully saturated rings. The molecule has 0 saturated carbocycles. The minimum atomic E-state index is -4.63. The van der Waals surface area contributed by atoms with Crippen LogP contribution in [0.5, 0.6) is 0 Å². The van der Waals surface area contributed by atoms with Gasteiger partial charge in [-0.1, -0.05) is 30.3 Å². The average molecular weight is 642 g/mol. The van der Waals surface area contributed by atoms with Crippen molar-refractivity contribution in [3.8, 4) is 6.07 Å². The summed E-state index contributed by atoms with van der Waals surface area (Å²) >= 11 is 0. The third-order valence-electron chi connectivity index (χ3n) is 6.99. The van der Waals surface area contributed by atoms with E-state index in [2.05, 4.69) is 31.8 Å². The number of para-hydroxylation sites is 2. The van der Waals surface area contributed by atoms with E-state index in [9.17, 15) is 36.0 Å². The number of hydrazone groups is 1. The topological polar surface area (TPSA) is 217 Å². The van der Waals surface area contributed by atoms with E-state index in [1.165, 1.54) is 41.0 Å². The lowest BCUT2D eigenvalue weighted by Crippen LogP contribution is -2.30. The Hall–Kier alpha value is -5.60. The summed E-state index contributed by atoms with van der Waals surface area (Å²) in [7, 11) is -9.23. The molecule has 3 N–H and O–H groups in total. The number of nitrogens with one attached hydrogen (secondary N) is 1. The fourth-order valence-electron chi connectivity index (χ4n) is 4.86. The maximum atomic E-state index is 13.6. The molecule has 0 radical (unpaired) electrons. The van der Waals surface area contributed by atoms with Gasteiger partial charge >= 0.3 is 0 Å². The van der Waals surface area contributed by atoms with Crippen molar-refractivity contribution < 1.29 is 30.7 Å². The molecule has 0 unspecified atom stereocenters. The van der Waals surface area contributed by atoms with Crippen molar-refractivity contribution in [2.45, 2.75) is 16.7 Å². The molecule has 6 rings (SSSR count). The van der Waals surface area contributed by atoms with Gasteiger partial charge < -0.3 is 0 Å². The first-order valence-corrected chi connectivity index (χ1v) is 15.8. The highest BCUT2D eigenvalue weighted by atomic mass is 32.2. The van der Waals surface area contributed by atoms with Gasteiger partial charge in [0.15, 0.2) is 11.5 Å². The number of hydrogen-bond donors (Lipinski definition) is 3. The van der Waals surface area contributed by atoms with Crippen LogP contribution in [0.2, 0.25) is 0 Å². The van der Waals surface area contributed by atoms with Crippen LogP contribution in [-0.4, -0.2) is 47.1 Å². The summed E-state index contributed by atoms with van der Waals surface area (Å²) in [6, 6.07) is 21.0. The molecule has 1 aliphatic rings. The van der Waals surface area contributed by atoms with Gasteiger partial charge in [-0.3, -0.25) is 23.9 Å². The van der Waals surface area contributed by atoms with Crippen LogP contribution in [0.4, 0.5) is 17.1 Å². The molecule has 14 nitrogen and oxygen atoms in total. The van der Waals surface area contributed by atoms with Gasteiger partial charge in [-0.15, -0.1) is 10.2 Å². The van der Waals surface area contributed by atoms with Crippen molar-refractivity contribution >= 4 is 76.3 Å². The number of anilines is 1. The lowest BCUT2D eigenvalue weighted by molar-refractivity contribution is 0.0992. The second-order valence-corrected chi connectivity index (χ2v) is 12.5. The molecule has 16 heteroatoms. The number of nitriles is 1. The Balaban J connectivity index is 1.47. The van der Waals surface area contributed by atoms with Gasteiger partial charge in [0.2, 0.25) is 0 Å². The summed E-state index contributed by atoms with van der Waals surface area (Å²) in [6.45, 7) is 1.56. The first kappa shape index (κ1) is 29.5. The molecular weight excluding hydrogens is 622 g/mol. The number of allylic oxidation sites excluding steroid dienone is 2. The van der Waals surface area contributed by atoms with Crippen molar-refractivity contribution in [1.29, 1.82) is 5.26 Å². The number of azo groups is 1. The van der Waals surface area contributed by atoms with Crippen LogP contribution < -0.4 is 5.43 Å². The van der Waals surface area contributed by atoms with Gasteiger partial charge in [0.05, 0.1) is 27.3 Å². The van der Waals surface area contributed by atoms with Gasteiger partial charge in [-0.25, -0.2) is 4.98 Å². The zero-order valence-electron chi connectivity index (χ0n) is 22.9. The molecule has 0 bridgehead atoms. The largest absolute Gasteiger partial charge is 0.296 e. The smallest absolute Gasteiger partial charge is 0.282 e. The van der Waals surface area contributed by atoms with E-state index in [4.69, 9.17) is 0 Å². The fourth-order valence-corrected chi connectivity index (χ4v) is 5.99. The SMILES string of the molecule is CC1=C(C#N)c2nc3ccccc3n2C(=O)/C1=N/Nc1ccc(N=Nc2ccccc2S(=O)(=O)O)c2ccc(S(=O)(=O)O)cc12. The zero-order chi connectivity index (χ0) is 32.1. The van der Waals surface area contributed by atoms with E-state index in [-0.39, 0.29) is 45.1 Å². The van der Waals surface area contributed by atoms with Crippen molar-refractivity contribution in [2.24, 2.45) is 15.3 Å². The predicted octanol–water partition coefficient (Wildman–Crippen LogP) is 5.52. The van der Waals surface area contributed by atoms with E-state index < -0.39 is 35.9 Å². The second kappa shape index (κ2) is 10.8. The number of aromatic nitrogens is 2. The first-order chi connectivity index (χ1) is 21.4. The number of imidazole rings is 1. The molecule has 5 aromatic rings. The molecular formula is C29H19N7O7S2. The molecule has 0 saturated heterocycles. The van der Waals surface area contributed by atoms with Crippen molar-refractivity contribution in [1.82, 2.24) is 9.55 Å². The Morgan fingerprint density at radius 2 is 1.58 bits per heavy atom. The fraction of sp³-hybridized carbons (Fsp3) is 0.0345. The Morgan fingerprint density at radius 1 is 0.867 bits per heavy atom. The number of fused-ring (bicyclic) bond motifs is 4. The van der Waals surface area contributed by atoms with Gasteiger partial charge in [0, 0.05) is 16.3 Å². The minimum absolute atomic E-state index is 0.0909. The third kappa shape index (κ3) is 5.25. The number of carbonyl (C=O) groups excluding carboxylic acids is 1. The normalized spacial score (nSPS) is 14.8. The Morgan fingerprint density at radius 3 is 2.31 bits per heavy atom. The van der Waals surface area contributed by atoms with E-state index in [0.717, 1.165) is 18.2 Å². The van der Waals surface area contributed by atoms with Crippen LogP contribution in [0.25, 0.3) is 27.4 Å². The quantitative estimate of drug-likeness (QED) is 0.120. The van der Waals surface area contributed by atoms with Gasteiger partial charge in [-0.2, -0.15) is 27.2 Å². The molecule has 0 atom stereocenters. The maximum Gasteiger partial charge on any atom is 0.296 e. The molecule has 4 aromatic carbocycles. The van der Waals surface area contributed by atoms with Gasteiger partial charge in [-0.05, 0) is 55.5 Å². The number of hydrogen-bond acceptors (Lipinski definition) is 11. The lowest BCUT2D eigenvalue weighted by Gasteiger charge is -2.17. The van der Waals surface area contributed by atoms with E-state index in [1.54, 1.807) is 31.2 Å². The average Bonchev–Trinajstić information content (AvgIpc) is 3.39. The highest BCUT2D eigenvalue weighted by Crippen LogP contribution is 2.36. The molecule has 2 heterocycles. The second-order valence-electron chi connectivity index (χ2n) is 9.71. The summed E-state index contributed by atoms with van der Waals surface area (Å²) in [5, 5.41) is 22.8. The van der Waals surface area contributed by atoms with E-state index in [0.29, 0.717) is 16.4 Å². The highest BCUT2D eigenvalue weighted by Gasteiger charge is 2.32. The van der Waals surface area contributed by atoms with E-state index in [1.807, 2.05) is 0 Å². The lowest BCUT2D eigenvalue weighted by atomic mass is 10.0. The molecule has 0 amide bonds. The first-order valence-electron chi connectivity index (χ1n) is 12.9.